The molecular formula is C29H45N3O7. The van der Waals surface area contributed by atoms with E-state index in [1.165, 1.54) is 6.92 Å². The van der Waals surface area contributed by atoms with Gasteiger partial charge in [-0.3, -0.25) is 4.79 Å². The van der Waals surface area contributed by atoms with Gasteiger partial charge in [-0.25, -0.2) is 9.59 Å². The maximum absolute atomic E-state index is 12.0. The van der Waals surface area contributed by atoms with Crippen LogP contribution < -0.4 is 20.7 Å². The number of carbonyl (C=O) groups is 3. The molecule has 0 heterocycles. The first-order chi connectivity index (χ1) is 18.9. The summed E-state index contributed by atoms with van der Waals surface area (Å²) in [6.07, 6.45) is -0.463. The molecule has 2 rings (SSSR count). The van der Waals surface area contributed by atoms with Crippen molar-refractivity contribution in [3.8, 4) is 5.75 Å². The third kappa shape index (κ3) is 16.6. The molecule has 39 heavy (non-hydrogen) atoms. The monoisotopic (exact) mass is 547 g/mol. The highest BCUT2D eigenvalue weighted by molar-refractivity contribution is 5.73. The molecule has 0 radical (unpaired) electrons. The number of rotatable bonds is 13. The fraction of sp³-hybridized carbons (Fsp3) is 0.483. The maximum Gasteiger partial charge on any atom is 0.407 e. The smallest absolute Gasteiger partial charge is 0.407 e. The predicted molar refractivity (Wildman–Crippen MR) is 152 cm³/mol. The number of methoxy groups -OCH3 is 1. The van der Waals surface area contributed by atoms with Crippen molar-refractivity contribution in [1.82, 2.24) is 16.0 Å². The number of benzene rings is 2. The van der Waals surface area contributed by atoms with Gasteiger partial charge >= 0.3 is 12.2 Å². The summed E-state index contributed by atoms with van der Waals surface area (Å²) in [5.74, 6) is 0.486. The fourth-order valence-corrected chi connectivity index (χ4v) is 3.28. The highest BCUT2D eigenvalue weighted by Gasteiger charge is 2.15. The molecule has 3 amide bonds. The normalized spacial score (nSPS) is 11.2. The molecule has 0 bridgehead atoms. The number of amides is 3. The van der Waals surface area contributed by atoms with Crippen LogP contribution >= 0.6 is 0 Å². The van der Waals surface area contributed by atoms with Gasteiger partial charge in [-0.15, -0.1) is 0 Å². The van der Waals surface area contributed by atoms with Gasteiger partial charge in [0.25, 0.3) is 0 Å². The molecule has 0 saturated carbocycles. The summed E-state index contributed by atoms with van der Waals surface area (Å²) < 4.78 is 15.4. The Morgan fingerprint density at radius 2 is 1.38 bits per heavy atom. The standard InChI is InChI=1S/C25H33N3O7.2C2H6/c1-18(30)27-22(15-20-8-10-23(33-2)11-9-20)17-35-24(31)26-12-13-34-25(32)28-21(16-29)14-19-6-4-3-5-7-19;2*1-2/h3-11,21-22,29H,12-17H2,1-2H3,(H,26,31)(H,27,30)(H,28,32);2*1-2H3. The van der Waals surface area contributed by atoms with Crippen molar-refractivity contribution >= 4 is 18.1 Å². The van der Waals surface area contributed by atoms with E-state index in [0.29, 0.717) is 12.8 Å². The number of aliphatic hydroxyl groups excluding tert-OH is 1. The van der Waals surface area contributed by atoms with Gasteiger partial charge in [-0.2, -0.15) is 0 Å². The van der Waals surface area contributed by atoms with E-state index in [-0.39, 0.29) is 32.3 Å². The lowest BCUT2D eigenvalue weighted by molar-refractivity contribution is -0.120. The van der Waals surface area contributed by atoms with Crippen molar-refractivity contribution in [3.63, 3.8) is 0 Å². The highest BCUT2D eigenvalue weighted by atomic mass is 16.6. The van der Waals surface area contributed by atoms with Gasteiger partial charge < -0.3 is 35.3 Å². The van der Waals surface area contributed by atoms with E-state index in [4.69, 9.17) is 14.2 Å². The molecule has 218 valence electrons. The van der Waals surface area contributed by atoms with Crippen LogP contribution in [0.1, 0.15) is 45.7 Å². The molecule has 0 spiro atoms. The zero-order valence-corrected chi connectivity index (χ0v) is 24.0. The van der Waals surface area contributed by atoms with Gasteiger partial charge in [-0.05, 0) is 36.1 Å². The van der Waals surface area contributed by atoms with E-state index in [9.17, 15) is 19.5 Å². The van der Waals surface area contributed by atoms with Crippen LogP contribution in [0.5, 0.6) is 5.75 Å². The lowest BCUT2D eigenvalue weighted by Gasteiger charge is -2.18. The van der Waals surface area contributed by atoms with Gasteiger partial charge in [0.2, 0.25) is 5.91 Å². The van der Waals surface area contributed by atoms with Crippen molar-refractivity contribution in [3.05, 3.63) is 65.7 Å². The molecule has 0 aliphatic carbocycles. The van der Waals surface area contributed by atoms with Crippen molar-refractivity contribution in [2.24, 2.45) is 0 Å². The Bertz CT molecular complexity index is 924. The number of nitrogens with one attached hydrogen (secondary N) is 3. The lowest BCUT2D eigenvalue weighted by Crippen LogP contribution is -2.41. The Hall–Kier alpha value is -3.79. The molecule has 2 aromatic rings. The predicted octanol–water partition coefficient (Wildman–Crippen LogP) is 3.85. The Balaban J connectivity index is 0.00000344. The first kappa shape index (κ1) is 35.2. The summed E-state index contributed by atoms with van der Waals surface area (Å²) in [6.45, 7) is 9.09. The summed E-state index contributed by atoms with van der Waals surface area (Å²) in [6, 6.07) is 15.9. The Morgan fingerprint density at radius 1 is 0.795 bits per heavy atom. The van der Waals surface area contributed by atoms with Crippen molar-refractivity contribution in [2.75, 3.05) is 33.5 Å². The molecule has 2 aromatic carbocycles. The van der Waals surface area contributed by atoms with E-state index >= 15 is 0 Å². The van der Waals surface area contributed by atoms with Crippen LogP contribution in [0.15, 0.2) is 54.6 Å². The van der Waals surface area contributed by atoms with Gasteiger partial charge in [0.05, 0.1) is 32.3 Å². The second-order valence-electron chi connectivity index (χ2n) is 7.82. The van der Waals surface area contributed by atoms with Gasteiger partial charge in [0.15, 0.2) is 0 Å². The molecule has 2 atom stereocenters. The third-order valence-electron chi connectivity index (χ3n) is 4.94. The summed E-state index contributed by atoms with van der Waals surface area (Å²) in [7, 11) is 1.58. The number of hydrogen-bond acceptors (Lipinski definition) is 7. The quantitative estimate of drug-likeness (QED) is 0.280. The summed E-state index contributed by atoms with van der Waals surface area (Å²) in [5.41, 5.74) is 1.92. The Kier molecular flexibility index (Phi) is 20.1. The van der Waals surface area contributed by atoms with Crippen LogP contribution in [0, 0.1) is 0 Å². The molecule has 0 saturated heterocycles. The average molecular weight is 548 g/mol. The largest absolute Gasteiger partial charge is 0.497 e. The van der Waals surface area contributed by atoms with E-state index in [1.807, 2.05) is 82.3 Å². The first-order valence-corrected chi connectivity index (χ1v) is 13.3. The van der Waals surface area contributed by atoms with E-state index in [0.717, 1.165) is 16.9 Å². The van der Waals surface area contributed by atoms with Gasteiger partial charge in [0.1, 0.15) is 19.0 Å². The van der Waals surface area contributed by atoms with Crippen LogP contribution in [-0.2, 0) is 27.1 Å². The van der Waals surface area contributed by atoms with Crippen LogP contribution in [0.25, 0.3) is 0 Å². The summed E-state index contributed by atoms with van der Waals surface area (Å²) >= 11 is 0. The number of ether oxygens (including phenoxy) is 3. The molecule has 2 unspecified atom stereocenters. The number of aliphatic hydroxyl groups is 1. The van der Waals surface area contributed by atoms with Crippen LogP contribution in [0.4, 0.5) is 9.59 Å². The van der Waals surface area contributed by atoms with Crippen LogP contribution in [0.2, 0.25) is 0 Å². The second-order valence-corrected chi connectivity index (χ2v) is 7.82. The minimum absolute atomic E-state index is 0.0313. The molecule has 0 aromatic heterocycles. The molecule has 0 aliphatic heterocycles. The van der Waals surface area contributed by atoms with Gasteiger partial charge in [-0.1, -0.05) is 70.2 Å². The number of hydrogen-bond donors (Lipinski definition) is 4. The SMILES string of the molecule is CC.CC.COc1ccc(CC(COC(=O)NCCOC(=O)NC(CO)Cc2ccccc2)NC(C)=O)cc1. The molecule has 4 N–H and O–H groups in total. The molecule has 0 fully saturated rings. The first-order valence-electron chi connectivity index (χ1n) is 13.3. The lowest BCUT2D eigenvalue weighted by atomic mass is 10.1. The maximum atomic E-state index is 12.0. The zero-order valence-electron chi connectivity index (χ0n) is 24.0. The van der Waals surface area contributed by atoms with Crippen molar-refractivity contribution < 1.29 is 33.7 Å². The van der Waals surface area contributed by atoms with Crippen molar-refractivity contribution in [2.45, 2.75) is 59.5 Å². The average Bonchev–Trinajstić information content (AvgIpc) is 2.96. The third-order valence-corrected chi connectivity index (χ3v) is 4.94. The second kappa shape index (κ2) is 22.2. The molecular weight excluding hydrogens is 502 g/mol. The van der Waals surface area contributed by atoms with E-state index in [1.54, 1.807) is 7.11 Å². The fourth-order valence-electron chi connectivity index (χ4n) is 3.28. The summed E-state index contributed by atoms with van der Waals surface area (Å²) in [5, 5.41) is 17.3. The topological polar surface area (TPSA) is 135 Å². The number of alkyl carbamates (subject to hydrolysis) is 2. The zero-order chi connectivity index (χ0) is 29.5. The molecule has 0 aliphatic rings. The Labute approximate surface area is 232 Å². The number of carbonyl (C=O) groups excluding carboxylic acids is 3. The minimum Gasteiger partial charge on any atom is -0.497 e. The van der Waals surface area contributed by atoms with E-state index < -0.39 is 24.3 Å². The molecule has 10 heteroatoms. The highest BCUT2D eigenvalue weighted by Crippen LogP contribution is 2.13. The van der Waals surface area contributed by atoms with Gasteiger partial charge in [0, 0.05) is 6.92 Å². The van der Waals surface area contributed by atoms with E-state index in [2.05, 4.69) is 16.0 Å². The molecule has 10 nitrogen and oxygen atoms in total. The minimum atomic E-state index is -0.698. The summed E-state index contributed by atoms with van der Waals surface area (Å²) in [4.78, 5) is 35.4. The van der Waals surface area contributed by atoms with Crippen molar-refractivity contribution in [1.29, 1.82) is 0 Å². The Morgan fingerprint density at radius 3 is 1.95 bits per heavy atom. The van der Waals surface area contributed by atoms with Crippen LogP contribution in [0.3, 0.4) is 0 Å². The van der Waals surface area contributed by atoms with Crippen LogP contribution in [-0.4, -0.2) is 68.8 Å².